The van der Waals surface area contributed by atoms with E-state index < -0.39 is 21.0 Å². The summed E-state index contributed by atoms with van der Waals surface area (Å²) in [6.45, 7) is 0. The Morgan fingerprint density at radius 2 is 1.50 bits per heavy atom. The normalized spacial score (nSPS) is 11.7. The van der Waals surface area contributed by atoms with E-state index in [1.807, 2.05) is 48.5 Å². The summed E-state index contributed by atoms with van der Waals surface area (Å²) in [7, 11) is -3.74. The van der Waals surface area contributed by atoms with E-state index in [1.54, 1.807) is 30.5 Å². The molecule has 0 atom stereocenters. The molecule has 6 rings (SSSR count). The maximum absolute atomic E-state index is 13.5. The van der Waals surface area contributed by atoms with Crippen LogP contribution in [0, 0.1) is 0 Å². The van der Waals surface area contributed by atoms with Gasteiger partial charge < -0.3 is 4.98 Å². The molecule has 0 unspecified atom stereocenters. The fourth-order valence-corrected chi connectivity index (χ4v) is 6.01. The van der Waals surface area contributed by atoms with Crippen molar-refractivity contribution in [3.05, 3.63) is 118 Å². The fourth-order valence-electron chi connectivity index (χ4n) is 4.37. The van der Waals surface area contributed by atoms with E-state index in [-0.39, 0.29) is 21.6 Å². The van der Waals surface area contributed by atoms with Crippen molar-refractivity contribution in [3.63, 3.8) is 0 Å². The minimum atomic E-state index is -3.74. The first-order valence-electron chi connectivity index (χ1n) is 11.7. The average Bonchev–Trinajstić information content (AvgIpc) is 2.95. The van der Waals surface area contributed by atoms with Gasteiger partial charge in [-0.05, 0) is 30.3 Å². The molecule has 3 heterocycles. The maximum atomic E-state index is 13.5. The first-order chi connectivity index (χ1) is 18.4. The van der Waals surface area contributed by atoms with Crippen LogP contribution < -0.4 is 5.43 Å². The quantitative estimate of drug-likeness (QED) is 0.296. The minimum Gasteiger partial charge on any atom is -0.344 e. The number of hydrogen-bond acceptors (Lipinski definition) is 6. The summed E-state index contributed by atoms with van der Waals surface area (Å²) in [6.07, 6.45) is 3.07. The highest BCUT2D eigenvalue weighted by Gasteiger charge is 2.21. The number of sulfone groups is 1. The molecule has 0 saturated carbocycles. The van der Waals surface area contributed by atoms with Crippen molar-refractivity contribution in [2.45, 2.75) is 10.6 Å². The summed E-state index contributed by atoms with van der Waals surface area (Å²) in [5.41, 5.74) is 2.99. The van der Waals surface area contributed by atoms with Crippen LogP contribution in [0.4, 0.5) is 0 Å². The van der Waals surface area contributed by atoms with E-state index in [1.165, 1.54) is 18.3 Å². The average molecular weight is 539 g/mol. The number of fused-ring (bicyclic) bond motifs is 2. The molecule has 9 heteroatoms. The van der Waals surface area contributed by atoms with Crippen molar-refractivity contribution < 1.29 is 8.42 Å². The fraction of sp³-hybridized carbons (Fsp3) is 0.0345. The standard InChI is InChI=1S/C29H19ClN4O3S/c30-23-15-20(14-19-10-7-13-31-24(19)23)26-25(18-8-3-1-4-9-18)34-29-27(33-26)28(35)21(16-32-29)17-38(36,37)22-11-5-2-6-12-22/h1-16H,17H2,(H,32,34,35). The van der Waals surface area contributed by atoms with Gasteiger partial charge in [-0.15, -0.1) is 0 Å². The number of pyridine rings is 2. The molecule has 186 valence electrons. The van der Waals surface area contributed by atoms with E-state index >= 15 is 0 Å². The van der Waals surface area contributed by atoms with Crippen LogP contribution in [0.1, 0.15) is 5.56 Å². The van der Waals surface area contributed by atoms with Crippen molar-refractivity contribution >= 4 is 43.5 Å². The Hall–Kier alpha value is -4.40. The number of nitrogens with zero attached hydrogens (tertiary/aromatic N) is 3. The molecule has 1 N–H and O–H groups in total. The molecule has 0 aliphatic rings. The lowest BCUT2D eigenvalue weighted by Crippen LogP contribution is -2.17. The number of aromatic amines is 1. The van der Waals surface area contributed by atoms with Gasteiger partial charge in [-0.2, -0.15) is 0 Å². The van der Waals surface area contributed by atoms with E-state index in [0.717, 1.165) is 10.9 Å². The molecule has 0 aliphatic carbocycles. The lowest BCUT2D eigenvalue weighted by atomic mass is 10.0. The predicted molar refractivity (Wildman–Crippen MR) is 149 cm³/mol. The molecule has 0 radical (unpaired) electrons. The molecule has 0 saturated heterocycles. The van der Waals surface area contributed by atoms with Crippen LogP contribution in [0.15, 0.2) is 107 Å². The highest BCUT2D eigenvalue weighted by Crippen LogP contribution is 2.34. The Kier molecular flexibility index (Phi) is 5.98. The minimum absolute atomic E-state index is 0.0443. The van der Waals surface area contributed by atoms with E-state index in [0.29, 0.717) is 27.5 Å². The summed E-state index contributed by atoms with van der Waals surface area (Å²) in [5.74, 6) is -0.465. The zero-order chi connectivity index (χ0) is 26.3. The van der Waals surface area contributed by atoms with Gasteiger partial charge in [-0.1, -0.05) is 66.2 Å². The third kappa shape index (κ3) is 4.34. The van der Waals surface area contributed by atoms with Crippen molar-refractivity contribution in [1.82, 2.24) is 19.9 Å². The van der Waals surface area contributed by atoms with Crippen LogP contribution in [0.3, 0.4) is 0 Å². The third-order valence-electron chi connectivity index (χ3n) is 6.21. The smallest absolute Gasteiger partial charge is 0.213 e. The van der Waals surface area contributed by atoms with Gasteiger partial charge in [0.1, 0.15) is 0 Å². The Balaban J connectivity index is 1.57. The van der Waals surface area contributed by atoms with Crippen LogP contribution in [0.2, 0.25) is 5.02 Å². The van der Waals surface area contributed by atoms with Gasteiger partial charge in [0.25, 0.3) is 0 Å². The van der Waals surface area contributed by atoms with Gasteiger partial charge in [0.05, 0.1) is 32.6 Å². The molecule has 3 aromatic heterocycles. The lowest BCUT2D eigenvalue weighted by Gasteiger charge is -2.12. The van der Waals surface area contributed by atoms with Crippen LogP contribution in [-0.4, -0.2) is 28.4 Å². The van der Waals surface area contributed by atoms with E-state index in [9.17, 15) is 13.2 Å². The van der Waals surface area contributed by atoms with Gasteiger partial charge in [0.15, 0.2) is 21.0 Å². The molecule has 3 aromatic carbocycles. The first-order valence-corrected chi connectivity index (χ1v) is 13.7. The summed E-state index contributed by atoms with van der Waals surface area (Å²) in [4.78, 5) is 30.5. The van der Waals surface area contributed by atoms with Crippen molar-refractivity contribution in [2.75, 3.05) is 0 Å². The molecular formula is C29H19ClN4O3S. The molecule has 38 heavy (non-hydrogen) atoms. The van der Waals surface area contributed by atoms with Crippen LogP contribution in [0.25, 0.3) is 44.6 Å². The number of rotatable bonds is 5. The Bertz CT molecular complexity index is 1990. The van der Waals surface area contributed by atoms with Gasteiger partial charge in [-0.25, -0.2) is 18.4 Å². The van der Waals surface area contributed by atoms with Gasteiger partial charge >= 0.3 is 0 Å². The Morgan fingerprint density at radius 3 is 2.26 bits per heavy atom. The number of H-pyrrole nitrogens is 1. The molecule has 0 fully saturated rings. The van der Waals surface area contributed by atoms with Gasteiger partial charge in [-0.3, -0.25) is 9.78 Å². The SMILES string of the molecule is O=c1c(CS(=O)(=O)c2ccccc2)c[nH]c2nc(-c3ccccc3)c(-c3cc(Cl)c4ncccc4c3)nc12. The second-order valence-electron chi connectivity index (χ2n) is 8.73. The maximum Gasteiger partial charge on any atom is 0.213 e. The molecule has 7 nitrogen and oxygen atoms in total. The predicted octanol–water partition coefficient (Wildman–Crippen LogP) is 5.83. The summed E-state index contributed by atoms with van der Waals surface area (Å²) >= 11 is 6.57. The Labute approximate surface area is 222 Å². The summed E-state index contributed by atoms with van der Waals surface area (Å²) < 4.78 is 25.9. The van der Waals surface area contributed by atoms with E-state index in [4.69, 9.17) is 21.6 Å². The topological polar surface area (TPSA) is 106 Å². The van der Waals surface area contributed by atoms with E-state index in [2.05, 4.69) is 9.97 Å². The lowest BCUT2D eigenvalue weighted by molar-refractivity contribution is 0.595. The number of hydrogen-bond donors (Lipinski definition) is 1. The third-order valence-corrected chi connectivity index (χ3v) is 8.18. The zero-order valence-electron chi connectivity index (χ0n) is 19.8. The summed E-state index contributed by atoms with van der Waals surface area (Å²) in [6, 6.07) is 24.9. The molecular weight excluding hydrogens is 520 g/mol. The van der Waals surface area contributed by atoms with Crippen molar-refractivity contribution in [1.29, 1.82) is 0 Å². The van der Waals surface area contributed by atoms with Crippen LogP contribution in [0.5, 0.6) is 0 Å². The molecule has 0 aliphatic heterocycles. The van der Waals surface area contributed by atoms with Crippen molar-refractivity contribution in [3.8, 4) is 22.5 Å². The number of benzene rings is 3. The monoisotopic (exact) mass is 538 g/mol. The second kappa shape index (κ2) is 9.48. The first kappa shape index (κ1) is 24.0. The largest absolute Gasteiger partial charge is 0.344 e. The van der Waals surface area contributed by atoms with Crippen LogP contribution in [-0.2, 0) is 15.6 Å². The number of aromatic nitrogens is 4. The van der Waals surface area contributed by atoms with Crippen molar-refractivity contribution in [2.24, 2.45) is 0 Å². The molecule has 6 aromatic rings. The molecule has 0 spiro atoms. The highest BCUT2D eigenvalue weighted by molar-refractivity contribution is 7.90. The Morgan fingerprint density at radius 1 is 0.789 bits per heavy atom. The number of halogens is 1. The summed E-state index contributed by atoms with van der Waals surface area (Å²) in [5, 5.41) is 1.25. The molecule has 0 bridgehead atoms. The zero-order valence-corrected chi connectivity index (χ0v) is 21.4. The molecule has 0 amide bonds. The number of nitrogens with one attached hydrogen (secondary N) is 1. The highest BCUT2D eigenvalue weighted by atomic mass is 35.5. The van der Waals surface area contributed by atoms with Gasteiger partial charge in [0, 0.05) is 34.5 Å². The second-order valence-corrected chi connectivity index (χ2v) is 11.1. The van der Waals surface area contributed by atoms with Crippen LogP contribution >= 0.6 is 11.6 Å². The van der Waals surface area contributed by atoms with Gasteiger partial charge in [0.2, 0.25) is 5.43 Å².